The Morgan fingerprint density at radius 3 is 2.67 bits per heavy atom. The van der Waals surface area contributed by atoms with Gasteiger partial charge in [0.1, 0.15) is 0 Å². The summed E-state index contributed by atoms with van der Waals surface area (Å²) in [4.78, 5) is 23.4. The van der Waals surface area contributed by atoms with Gasteiger partial charge in [0, 0.05) is 11.1 Å². The lowest BCUT2D eigenvalue weighted by molar-refractivity contribution is -0.142. The molecule has 0 bridgehead atoms. The molecule has 3 rings (SSSR count). The maximum atomic E-state index is 12.4. The number of hydrogen-bond donors (Lipinski definition) is 3. The first kappa shape index (κ1) is 19.2. The largest absolute Gasteiger partial charge is 0.481 e. The summed E-state index contributed by atoms with van der Waals surface area (Å²) in [5, 5.41) is 19.9. The Morgan fingerprint density at radius 1 is 1.30 bits per heavy atom. The van der Waals surface area contributed by atoms with Gasteiger partial charge in [-0.15, -0.1) is 0 Å². The van der Waals surface area contributed by atoms with Gasteiger partial charge in [-0.2, -0.15) is 5.10 Å². The number of amides is 2. The molecule has 0 aliphatic heterocycles. The van der Waals surface area contributed by atoms with Crippen LogP contribution in [-0.4, -0.2) is 32.9 Å². The van der Waals surface area contributed by atoms with Crippen molar-refractivity contribution in [2.24, 2.45) is 5.92 Å². The molecule has 1 fully saturated rings. The van der Waals surface area contributed by atoms with Crippen LogP contribution in [0.3, 0.4) is 0 Å². The van der Waals surface area contributed by atoms with Crippen LogP contribution in [0.15, 0.2) is 30.5 Å². The fourth-order valence-corrected chi connectivity index (χ4v) is 3.66. The molecule has 1 aliphatic rings. The standard InChI is InChI=1S/C19H23ClN4O3/c1-2-17-16(11-21-24(17)15-5-3-4-13(20)10-15)23-19(27)22-14-8-6-12(7-9-14)18(25)26/h3-5,10-12,14H,2,6-9H2,1H3,(H,25,26)(H2,22,23,27). The summed E-state index contributed by atoms with van der Waals surface area (Å²) in [5.41, 5.74) is 2.36. The van der Waals surface area contributed by atoms with Gasteiger partial charge in [-0.25, -0.2) is 9.48 Å². The minimum atomic E-state index is -0.751. The SMILES string of the molecule is CCc1c(NC(=O)NC2CCC(C(=O)O)CC2)cnn1-c1cccc(Cl)c1. The number of aliphatic carboxylic acids is 1. The second-order valence-corrected chi connectivity index (χ2v) is 7.17. The zero-order chi connectivity index (χ0) is 19.4. The van der Waals surface area contributed by atoms with Crippen LogP contribution in [-0.2, 0) is 11.2 Å². The third-order valence-corrected chi connectivity index (χ3v) is 5.15. The molecule has 1 aliphatic carbocycles. The van der Waals surface area contributed by atoms with E-state index < -0.39 is 5.97 Å². The molecule has 0 spiro atoms. The predicted octanol–water partition coefficient (Wildman–Crippen LogP) is 3.85. The molecule has 0 saturated heterocycles. The lowest BCUT2D eigenvalue weighted by Crippen LogP contribution is -2.41. The van der Waals surface area contributed by atoms with Gasteiger partial charge in [0.25, 0.3) is 0 Å². The Morgan fingerprint density at radius 2 is 2.04 bits per heavy atom. The van der Waals surface area contributed by atoms with Crippen molar-refractivity contribution in [1.29, 1.82) is 0 Å². The molecule has 2 amide bonds. The molecule has 0 unspecified atom stereocenters. The van der Waals surface area contributed by atoms with Crippen molar-refractivity contribution in [3.05, 3.63) is 41.2 Å². The van der Waals surface area contributed by atoms with E-state index in [-0.39, 0.29) is 18.0 Å². The number of carboxylic acids is 1. The Bertz CT molecular complexity index is 828. The molecule has 1 saturated carbocycles. The number of nitrogens with one attached hydrogen (secondary N) is 2. The number of urea groups is 1. The van der Waals surface area contributed by atoms with Gasteiger partial charge in [0.2, 0.25) is 0 Å². The number of carbonyl (C=O) groups excluding carboxylic acids is 1. The second kappa shape index (κ2) is 8.43. The summed E-state index contributed by atoms with van der Waals surface area (Å²) >= 11 is 6.06. The topological polar surface area (TPSA) is 96.2 Å². The first-order valence-corrected chi connectivity index (χ1v) is 9.49. The second-order valence-electron chi connectivity index (χ2n) is 6.74. The van der Waals surface area contributed by atoms with E-state index in [9.17, 15) is 9.59 Å². The quantitative estimate of drug-likeness (QED) is 0.722. The Balaban J connectivity index is 1.64. The van der Waals surface area contributed by atoms with Crippen LogP contribution in [0.1, 0.15) is 38.3 Å². The van der Waals surface area contributed by atoms with E-state index in [1.807, 2.05) is 25.1 Å². The fourth-order valence-electron chi connectivity index (χ4n) is 3.48. The van der Waals surface area contributed by atoms with E-state index in [1.54, 1.807) is 16.9 Å². The molecular weight excluding hydrogens is 368 g/mol. The maximum Gasteiger partial charge on any atom is 0.319 e. The monoisotopic (exact) mass is 390 g/mol. The van der Waals surface area contributed by atoms with Gasteiger partial charge in [-0.1, -0.05) is 24.6 Å². The van der Waals surface area contributed by atoms with Crippen molar-refractivity contribution in [2.45, 2.75) is 45.1 Å². The molecule has 0 atom stereocenters. The molecule has 144 valence electrons. The molecule has 27 heavy (non-hydrogen) atoms. The molecule has 0 radical (unpaired) electrons. The normalized spacial score (nSPS) is 19.5. The number of anilines is 1. The van der Waals surface area contributed by atoms with Gasteiger partial charge >= 0.3 is 12.0 Å². The molecular formula is C19H23ClN4O3. The van der Waals surface area contributed by atoms with Crippen molar-refractivity contribution in [3.8, 4) is 5.69 Å². The van der Waals surface area contributed by atoms with Crippen molar-refractivity contribution in [3.63, 3.8) is 0 Å². The Labute approximate surface area is 162 Å². The summed E-state index contributed by atoms with van der Waals surface area (Å²) in [6.07, 6.45) is 4.84. The first-order valence-electron chi connectivity index (χ1n) is 9.11. The lowest BCUT2D eigenvalue weighted by atomic mass is 9.86. The summed E-state index contributed by atoms with van der Waals surface area (Å²) in [5.74, 6) is -1.05. The highest BCUT2D eigenvalue weighted by molar-refractivity contribution is 6.30. The third kappa shape index (κ3) is 4.60. The number of halogens is 1. The number of carbonyl (C=O) groups is 2. The van der Waals surface area contributed by atoms with Gasteiger partial charge in [-0.3, -0.25) is 4.79 Å². The van der Waals surface area contributed by atoms with Crippen molar-refractivity contribution < 1.29 is 14.7 Å². The zero-order valence-electron chi connectivity index (χ0n) is 15.1. The van der Waals surface area contributed by atoms with E-state index in [2.05, 4.69) is 15.7 Å². The van der Waals surface area contributed by atoms with E-state index in [4.69, 9.17) is 16.7 Å². The lowest BCUT2D eigenvalue weighted by Gasteiger charge is -2.26. The number of aromatic nitrogens is 2. The highest BCUT2D eigenvalue weighted by atomic mass is 35.5. The molecule has 1 heterocycles. The third-order valence-electron chi connectivity index (χ3n) is 4.92. The van der Waals surface area contributed by atoms with Crippen molar-refractivity contribution in [1.82, 2.24) is 15.1 Å². The predicted molar refractivity (Wildman–Crippen MR) is 103 cm³/mol. The van der Waals surface area contributed by atoms with Crippen molar-refractivity contribution in [2.75, 3.05) is 5.32 Å². The number of benzene rings is 1. The molecule has 2 aromatic rings. The van der Waals surface area contributed by atoms with Gasteiger partial charge in [0.05, 0.1) is 29.2 Å². The minimum absolute atomic E-state index is 0.00588. The fraction of sp³-hybridized carbons (Fsp3) is 0.421. The summed E-state index contributed by atoms with van der Waals surface area (Å²) < 4.78 is 1.76. The number of rotatable bonds is 5. The van der Waals surface area contributed by atoms with Crippen LogP contribution in [0.4, 0.5) is 10.5 Å². The molecule has 7 nitrogen and oxygen atoms in total. The summed E-state index contributed by atoms with van der Waals surface area (Å²) in [6, 6.07) is 7.07. The van der Waals surface area contributed by atoms with E-state index in [1.165, 1.54) is 0 Å². The molecule has 8 heteroatoms. The van der Waals surface area contributed by atoms with E-state index >= 15 is 0 Å². The number of nitrogens with zero attached hydrogens (tertiary/aromatic N) is 2. The zero-order valence-corrected chi connectivity index (χ0v) is 15.9. The molecule has 1 aromatic heterocycles. The van der Waals surface area contributed by atoms with Crippen molar-refractivity contribution >= 4 is 29.3 Å². The molecule has 3 N–H and O–H groups in total. The smallest absolute Gasteiger partial charge is 0.319 e. The van der Waals surface area contributed by atoms with Crippen LogP contribution < -0.4 is 10.6 Å². The van der Waals surface area contributed by atoms with Crippen LogP contribution in [0.2, 0.25) is 5.02 Å². The summed E-state index contributed by atoms with van der Waals surface area (Å²) in [6.45, 7) is 1.99. The Hall–Kier alpha value is -2.54. The van der Waals surface area contributed by atoms with Crippen LogP contribution >= 0.6 is 11.6 Å². The van der Waals surface area contributed by atoms with Gasteiger partial charge < -0.3 is 15.7 Å². The maximum absolute atomic E-state index is 12.4. The van der Waals surface area contributed by atoms with Gasteiger partial charge in [-0.05, 0) is 50.3 Å². The summed E-state index contributed by atoms with van der Waals surface area (Å²) in [7, 11) is 0. The van der Waals surface area contributed by atoms with Crippen LogP contribution in [0.25, 0.3) is 5.69 Å². The average molecular weight is 391 g/mol. The number of carboxylic acid groups (broad SMARTS) is 1. The van der Waals surface area contributed by atoms with Crippen LogP contribution in [0.5, 0.6) is 0 Å². The molecule has 1 aromatic carbocycles. The van der Waals surface area contributed by atoms with E-state index in [0.29, 0.717) is 42.8 Å². The van der Waals surface area contributed by atoms with Crippen LogP contribution in [0, 0.1) is 5.92 Å². The van der Waals surface area contributed by atoms with E-state index in [0.717, 1.165) is 11.4 Å². The average Bonchev–Trinajstić information content (AvgIpc) is 3.04. The number of hydrogen-bond acceptors (Lipinski definition) is 3. The highest BCUT2D eigenvalue weighted by Gasteiger charge is 2.27. The minimum Gasteiger partial charge on any atom is -0.481 e. The Kier molecular flexibility index (Phi) is 6.01. The first-order chi connectivity index (χ1) is 13.0. The highest BCUT2D eigenvalue weighted by Crippen LogP contribution is 2.25. The van der Waals surface area contributed by atoms with Gasteiger partial charge in [0.15, 0.2) is 0 Å².